The molecule has 0 aliphatic heterocycles. The molecular formula is C32H45F3N4O. The summed E-state index contributed by atoms with van der Waals surface area (Å²) < 4.78 is 40.6. The first kappa shape index (κ1) is 34.6. The Morgan fingerprint density at radius 3 is 2.20 bits per heavy atom. The van der Waals surface area contributed by atoms with Crippen LogP contribution < -0.4 is 15.4 Å². The van der Waals surface area contributed by atoms with Gasteiger partial charge < -0.3 is 15.4 Å². The second-order valence-corrected chi connectivity index (χ2v) is 9.19. The van der Waals surface area contributed by atoms with Crippen LogP contribution in [0.1, 0.15) is 65.5 Å². The third kappa shape index (κ3) is 13.6. The molecule has 2 aromatic rings. The second kappa shape index (κ2) is 18.1. The zero-order chi connectivity index (χ0) is 30.1. The van der Waals surface area contributed by atoms with Gasteiger partial charge in [-0.2, -0.15) is 0 Å². The number of likely N-dealkylation sites (N-methyl/N-ethyl adjacent to an activating group) is 1. The molecule has 0 bridgehead atoms. The Balaban J connectivity index is 0.000000448. The van der Waals surface area contributed by atoms with Gasteiger partial charge in [-0.3, -0.25) is 4.99 Å². The van der Waals surface area contributed by atoms with Gasteiger partial charge >= 0.3 is 6.36 Å². The molecule has 1 saturated carbocycles. The first-order valence-electron chi connectivity index (χ1n) is 13.8. The quantitative estimate of drug-likeness (QED) is 0.165. The summed E-state index contributed by atoms with van der Waals surface area (Å²) in [6.07, 6.45) is 4.58. The minimum atomic E-state index is -4.69. The van der Waals surface area contributed by atoms with Gasteiger partial charge in [-0.1, -0.05) is 51.1 Å². The maximum atomic E-state index is 12.2. The topological polar surface area (TPSA) is 58.5 Å². The molecule has 1 aromatic heterocycles. The van der Waals surface area contributed by atoms with E-state index in [0.717, 1.165) is 49.5 Å². The van der Waals surface area contributed by atoms with Crippen molar-refractivity contribution in [1.82, 2.24) is 10.3 Å². The van der Waals surface area contributed by atoms with Crippen molar-refractivity contribution in [3.8, 4) is 5.75 Å². The Labute approximate surface area is 238 Å². The Morgan fingerprint density at radius 1 is 1.10 bits per heavy atom. The highest BCUT2D eigenvalue weighted by atomic mass is 19.4. The van der Waals surface area contributed by atoms with E-state index < -0.39 is 6.36 Å². The SMILES string of the molecule is C=C(N=C(/C(C=C(C)C)=C/C)C1CC1)c1ccc(OC(F)(F)F)cc1.CC.CCc1ccc(NCCNC)nc1. The third-order valence-corrected chi connectivity index (χ3v) is 5.61. The number of allylic oxidation sites excluding steroid dienone is 4. The number of hydrogen-bond acceptors (Lipinski definition) is 5. The number of nitrogens with zero attached hydrogens (tertiary/aromatic N) is 2. The lowest BCUT2D eigenvalue weighted by atomic mass is 10.0. The van der Waals surface area contributed by atoms with Crippen LogP contribution in [0.4, 0.5) is 19.0 Å². The molecule has 0 unspecified atom stereocenters. The molecule has 1 fully saturated rings. The van der Waals surface area contributed by atoms with E-state index in [2.05, 4.69) is 51.0 Å². The number of aryl methyl sites for hydroxylation is 1. The molecule has 0 saturated heterocycles. The van der Waals surface area contributed by atoms with Gasteiger partial charge in [0.05, 0.1) is 11.4 Å². The lowest BCUT2D eigenvalue weighted by Gasteiger charge is -2.11. The van der Waals surface area contributed by atoms with Crippen LogP contribution in [-0.2, 0) is 6.42 Å². The summed E-state index contributed by atoms with van der Waals surface area (Å²) in [6.45, 7) is 18.0. The first-order chi connectivity index (χ1) is 19.1. The van der Waals surface area contributed by atoms with E-state index in [1.807, 2.05) is 60.0 Å². The van der Waals surface area contributed by atoms with E-state index in [0.29, 0.717) is 17.2 Å². The number of nitrogens with one attached hydrogen (secondary N) is 2. The fourth-order valence-corrected chi connectivity index (χ4v) is 3.48. The minimum absolute atomic E-state index is 0.255. The molecule has 1 aliphatic rings. The molecule has 3 rings (SSSR count). The van der Waals surface area contributed by atoms with Crippen LogP contribution in [0.2, 0.25) is 0 Å². The zero-order valence-corrected chi connectivity index (χ0v) is 25.0. The summed E-state index contributed by atoms with van der Waals surface area (Å²) in [5.41, 5.74) is 5.71. The highest BCUT2D eigenvalue weighted by Gasteiger charge is 2.31. The summed E-state index contributed by atoms with van der Waals surface area (Å²) in [5.74, 6) is 1.12. The van der Waals surface area contributed by atoms with Crippen molar-refractivity contribution in [3.05, 3.63) is 83.6 Å². The molecule has 1 aliphatic carbocycles. The Kier molecular flexibility index (Phi) is 15.6. The van der Waals surface area contributed by atoms with Gasteiger partial charge in [0, 0.05) is 25.2 Å². The van der Waals surface area contributed by atoms with Gasteiger partial charge in [-0.25, -0.2) is 4.98 Å². The number of pyridine rings is 1. The lowest BCUT2D eigenvalue weighted by molar-refractivity contribution is -0.274. The van der Waals surface area contributed by atoms with Gasteiger partial charge in [0.25, 0.3) is 0 Å². The minimum Gasteiger partial charge on any atom is -0.406 e. The molecule has 0 atom stereocenters. The number of ether oxygens (including phenoxy) is 1. The Morgan fingerprint density at radius 2 is 1.75 bits per heavy atom. The summed E-state index contributed by atoms with van der Waals surface area (Å²) in [5, 5.41) is 6.29. The van der Waals surface area contributed by atoms with E-state index in [9.17, 15) is 13.2 Å². The summed E-state index contributed by atoms with van der Waals surface area (Å²) in [4.78, 5) is 8.97. The largest absolute Gasteiger partial charge is 0.573 e. The number of aliphatic imine (C=N–C) groups is 1. The number of alkyl halides is 3. The van der Waals surface area contributed by atoms with E-state index in [4.69, 9.17) is 0 Å². The highest BCUT2D eigenvalue weighted by Crippen LogP contribution is 2.35. The average Bonchev–Trinajstić information content (AvgIpc) is 3.77. The maximum Gasteiger partial charge on any atom is 0.573 e. The van der Waals surface area contributed by atoms with Crippen LogP contribution in [0.3, 0.4) is 0 Å². The van der Waals surface area contributed by atoms with Crippen molar-refractivity contribution in [1.29, 1.82) is 0 Å². The summed E-state index contributed by atoms with van der Waals surface area (Å²) >= 11 is 0. The molecule has 0 spiro atoms. The number of benzene rings is 1. The predicted molar refractivity (Wildman–Crippen MR) is 163 cm³/mol. The molecule has 1 aromatic carbocycles. The van der Waals surface area contributed by atoms with Crippen LogP contribution in [0.15, 0.2) is 77.5 Å². The fourth-order valence-electron chi connectivity index (χ4n) is 3.48. The Hall–Kier alpha value is -3.39. The maximum absolute atomic E-state index is 12.2. The van der Waals surface area contributed by atoms with Gasteiger partial charge in [0.15, 0.2) is 0 Å². The molecular weight excluding hydrogens is 513 g/mol. The molecule has 5 nitrogen and oxygen atoms in total. The van der Waals surface area contributed by atoms with Gasteiger partial charge in [0.1, 0.15) is 11.6 Å². The summed E-state index contributed by atoms with van der Waals surface area (Å²) in [7, 11) is 1.94. The first-order valence-corrected chi connectivity index (χ1v) is 13.8. The van der Waals surface area contributed by atoms with Crippen LogP contribution in [0, 0.1) is 5.92 Å². The van der Waals surface area contributed by atoms with Crippen LogP contribution in [0.5, 0.6) is 5.75 Å². The monoisotopic (exact) mass is 558 g/mol. The van der Waals surface area contributed by atoms with Gasteiger partial charge in [-0.15, -0.1) is 13.2 Å². The van der Waals surface area contributed by atoms with E-state index >= 15 is 0 Å². The van der Waals surface area contributed by atoms with Crippen molar-refractivity contribution in [2.24, 2.45) is 10.9 Å². The van der Waals surface area contributed by atoms with Crippen molar-refractivity contribution >= 4 is 17.2 Å². The van der Waals surface area contributed by atoms with Crippen molar-refractivity contribution < 1.29 is 17.9 Å². The number of anilines is 1. The molecule has 8 heteroatoms. The van der Waals surface area contributed by atoms with E-state index in [1.54, 1.807) is 0 Å². The second-order valence-electron chi connectivity index (χ2n) is 9.19. The molecule has 0 amide bonds. The molecule has 40 heavy (non-hydrogen) atoms. The van der Waals surface area contributed by atoms with Crippen LogP contribution in [-0.4, -0.2) is 37.2 Å². The standard InChI is InChI=1S/C20H22F3NO.C10H17N3.C2H6/c1-5-15(12-13(2)3)19(17-6-7-17)24-14(4)16-8-10-18(11-9-16)25-20(21,22)23;1-3-9-4-5-10(13-8-9)12-7-6-11-2;1-2/h5,8-12,17H,4,6-7H2,1-3H3;4-5,8,11H,3,6-7H2,1-2H3,(H,12,13);1-2H3/b15-5+,24-19?;;. The van der Waals surface area contributed by atoms with Crippen molar-refractivity contribution in [2.75, 3.05) is 25.5 Å². The van der Waals surface area contributed by atoms with Gasteiger partial charge in [-0.05, 0) is 94.1 Å². The predicted octanol–water partition coefficient (Wildman–Crippen LogP) is 8.62. The van der Waals surface area contributed by atoms with Gasteiger partial charge in [0.2, 0.25) is 0 Å². The number of halogens is 3. The fraction of sp³-hybridized carbons (Fsp3) is 0.438. The zero-order valence-electron chi connectivity index (χ0n) is 25.0. The molecule has 2 N–H and O–H groups in total. The molecule has 220 valence electrons. The third-order valence-electron chi connectivity index (χ3n) is 5.61. The number of aromatic nitrogens is 1. The molecule has 0 radical (unpaired) electrons. The lowest BCUT2D eigenvalue weighted by Crippen LogP contribution is -2.18. The van der Waals surface area contributed by atoms with Crippen LogP contribution in [0.25, 0.3) is 5.70 Å². The average molecular weight is 559 g/mol. The highest BCUT2D eigenvalue weighted by molar-refractivity contribution is 6.07. The van der Waals surface area contributed by atoms with E-state index in [1.165, 1.54) is 35.4 Å². The van der Waals surface area contributed by atoms with Crippen LogP contribution >= 0.6 is 0 Å². The van der Waals surface area contributed by atoms with Crippen molar-refractivity contribution in [2.45, 2.75) is 67.2 Å². The van der Waals surface area contributed by atoms with E-state index in [-0.39, 0.29) is 5.75 Å². The van der Waals surface area contributed by atoms with Crippen molar-refractivity contribution in [3.63, 3.8) is 0 Å². The Bertz CT molecular complexity index is 1110. The normalized spacial score (nSPS) is 13.2. The summed E-state index contributed by atoms with van der Waals surface area (Å²) in [6, 6.07) is 9.74. The smallest absolute Gasteiger partial charge is 0.406 e. The molecule has 1 heterocycles. The number of rotatable bonds is 11. The number of hydrogen-bond donors (Lipinski definition) is 2.